The van der Waals surface area contributed by atoms with Crippen molar-refractivity contribution in [3.8, 4) is 0 Å². The summed E-state index contributed by atoms with van der Waals surface area (Å²) in [5.74, 6) is -1.43. The smallest absolute Gasteiger partial charge is 0.295 e. The molecular formula is C29H34N4O4. The minimum atomic E-state index is -0.732. The molecule has 194 valence electrons. The molecule has 37 heavy (non-hydrogen) atoms. The van der Waals surface area contributed by atoms with E-state index in [0.717, 1.165) is 29.8 Å². The molecule has 1 atom stereocenters. The van der Waals surface area contributed by atoms with Gasteiger partial charge in [0.05, 0.1) is 43.7 Å². The van der Waals surface area contributed by atoms with Gasteiger partial charge in [-0.1, -0.05) is 49.9 Å². The average molecular weight is 503 g/mol. The number of ether oxygens (including phenoxy) is 1. The molecule has 2 aromatic heterocycles. The molecule has 1 aromatic carbocycles. The molecule has 0 radical (unpaired) electrons. The van der Waals surface area contributed by atoms with Gasteiger partial charge in [-0.05, 0) is 42.5 Å². The second-order valence-corrected chi connectivity index (χ2v) is 10.3. The van der Waals surface area contributed by atoms with Crippen molar-refractivity contribution in [2.75, 3.05) is 39.4 Å². The molecule has 5 rings (SSSR count). The number of carbonyl (C=O) groups is 2. The number of quaternary nitrogens is 1. The van der Waals surface area contributed by atoms with Crippen LogP contribution in [0.2, 0.25) is 0 Å². The number of benzene rings is 1. The minimum absolute atomic E-state index is 0.00526. The van der Waals surface area contributed by atoms with E-state index in [1.54, 1.807) is 22.4 Å². The van der Waals surface area contributed by atoms with Gasteiger partial charge in [0.15, 0.2) is 0 Å². The molecule has 4 heterocycles. The number of aromatic nitrogens is 2. The minimum Gasteiger partial charge on any atom is -0.871 e. The highest BCUT2D eigenvalue weighted by Gasteiger charge is 2.44. The molecule has 2 aliphatic heterocycles. The molecule has 1 N–H and O–H groups in total. The highest BCUT2D eigenvalue weighted by atomic mass is 16.5. The molecule has 2 saturated heterocycles. The number of amides is 1. The Bertz CT molecular complexity index is 1370. The summed E-state index contributed by atoms with van der Waals surface area (Å²) in [4.78, 5) is 34.4. The highest BCUT2D eigenvalue weighted by Crippen LogP contribution is 2.39. The molecule has 0 saturated carbocycles. The first kappa shape index (κ1) is 25.2. The number of imidazole rings is 1. The largest absolute Gasteiger partial charge is 0.871 e. The Hall–Kier alpha value is -3.49. The number of rotatable bonds is 6. The molecule has 1 unspecified atom stereocenters. The molecule has 2 fully saturated rings. The lowest BCUT2D eigenvalue weighted by atomic mass is 9.94. The van der Waals surface area contributed by atoms with Crippen LogP contribution in [0.3, 0.4) is 0 Å². The van der Waals surface area contributed by atoms with Crippen LogP contribution in [-0.2, 0) is 14.3 Å². The van der Waals surface area contributed by atoms with Crippen LogP contribution in [0.25, 0.3) is 11.4 Å². The van der Waals surface area contributed by atoms with Gasteiger partial charge in [0.25, 0.3) is 5.91 Å². The molecular weight excluding hydrogens is 468 g/mol. The second-order valence-electron chi connectivity index (χ2n) is 10.3. The van der Waals surface area contributed by atoms with Crippen molar-refractivity contribution in [1.82, 2.24) is 14.3 Å². The van der Waals surface area contributed by atoms with Gasteiger partial charge in [0.2, 0.25) is 5.78 Å². The second kappa shape index (κ2) is 10.1. The SMILES string of the molecule is Cc1nc2c(C)cccn2c1/C([O-])=C1\C(=O)C(=O)N(CC[NH+]2CCOCC2)C1c1ccc(C(C)C)cc1. The lowest BCUT2D eigenvalue weighted by molar-refractivity contribution is -0.907. The van der Waals surface area contributed by atoms with Crippen molar-refractivity contribution in [2.45, 2.75) is 39.7 Å². The zero-order valence-electron chi connectivity index (χ0n) is 21.9. The summed E-state index contributed by atoms with van der Waals surface area (Å²) < 4.78 is 7.20. The maximum atomic E-state index is 14.1. The molecule has 0 bridgehead atoms. The van der Waals surface area contributed by atoms with E-state index in [9.17, 15) is 14.7 Å². The van der Waals surface area contributed by atoms with Crippen molar-refractivity contribution in [1.29, 1.82) is 0 Å². The molecule has 1 amide bonds. The van der Waals surface area contributed by atoms with E-state index in [0.29, 0.717) is 49.3 Å². The van der Waals surface area contributed by atoms with Crippen LogP contribution < -0.4 is 10.0 Å². The van der Waals surface area contributed by atoms with E-state index in [1.807, 2.05) is 43.3 Å². The number of nitrogens with zero attached hydrogens (tertiary/aromatic N) is 3. The normalized spacial score (nSPS) is 20.5. The summed E-state index contributed by atoms with van der Waals surface area (Å²) in [5, 5.41) is 14.1. The Labute approximate surface area is 217 Å². The van der Waals surface area contributed by atoms with Crippen molar-refractivity contribution in [3.05, 3.63) is 76.2 Å². The zero-order valence-corrected chi connectivity index (χ0v) is 21.9. The molecule has 3 aromatic rings. The lowest BCUT2D eigenvalue weighted by Gasteiger charge is -2.30. The Kier molecular flexibility index (Phi) is 6.88. The van der Waals surface area contributed by atoms with Gasteiger partial charge in [0, 0.05) is 11.8 Å². The summed E-state index contributed by atoms with van der Waals surface area (Å²) >= 11 is 0. The van der Waals surface area contributed by atoms with Gasteiger partial charge in [-0.25, -0.2) is 4.98 Å². The van der Waals surface area contributed by atoms with Crippen molar-refractivity contribution in [2.24, 2.45) is 0 Å². The van der Waals surface area contributed by atoms with Crippen LogP contribution in [0.1, 0.15) is 53.9 Å². The predicted molar refractivity (Wildman–Crippen MR) is 138 cm³/mol. The van der Waals surface area contributed by atoms with Crippen molar-refractivity contribution < 1.29 is 24.3 Å². The fourth-order valence-electron chi connectivity index (χ4n) is 5.42. The van der Waals surface area contributed by atoms with E-state index < -0.39 is 23.5 Å². The van der Waals surface area contributed by atoms with E-state index in [4.69, 9.17) is 4.74 Å². The number of nitrogens with one attached hydrogen (secondary N) is 1. The fourth-order valence-corrected chi connectivity index (χ4v) is 5.42. The monoisotopic (exact) mass is 502 g/mol. The van der Waals surface area contributed by atoms with E-state index in [2.05, 4.69) is 18.8 Å². The average Bonchev–Trinajstić information content (AvgIpc) is 3.37. The summed E-state index contributed by atoms with van der Waals surface area (Å²) in [6.45, 7) is 12.1. The lowest BCUT2D eigenvalue weighted by Crippen LogP contribution is -3.14. The molecule has 2 aliphatic rings. The topological polar surface area (TPSA) is 91.4 Å². The summed E-state index contributed by atoms with van der Waals surface area (Å²) in [5.41, 5.74) is 4.41. The van der Waals surface area contributed by atoms with Crippen LogP contribution in [0.4, 0.5) is 0 Å². The van der Waals surface area contributed by atoms with Crippen molar-refractivity contribution >= 4 is 23.1 Å². The fraction of sp³-hybridized carbons (Fsp3) is 0.414. The first-order chi connectivity index (χ1) is 17.8. The maximum Gasteiger partial charge on any atom is 0.295 e. The number of aryl methyl sites for hydroxylation is 2. The molecule has 0 spiro atoms. The number of hydrogen-bond donors (Lipinski definition) is 1. The third-order valence-corrected chi connectivity index (χ3v) is 7.59. The Morgan fingerprint density at radius 1 is 1.14 bits per heavy atom. The number of pyridine rings is 1. The predicted octanol–water partition coefficient (Wildman–Crippen LogP) is 1.21. The van der Waals surface area contributed by atoms with Gasteiger partial charge >= 0.3 is 0 Å². The van der Waals surface area contributed by atoms with Gasteiger partial charge in [-0.3, -0.25) is 9.59 Å². The van der Waals surface area contributed by atoms with Gasteiger partial charge in [0.1, 0.15) is 18.7 Å². The zero-order chi connectivity index (χ0) is 26.3. The quantitative estimate of drug-likeness (QED) is 0.311. The number of likely N-dealkylation sites (tertiary alicyclic amines) is 1. The molecule has 8 nitrogen and oxygen atoms in total. The summed E-state index contributed by atoms with van der Waals surface area (Å²) in [7, 11) is 0. The number of morpholine rings is 1. The molecule has 8 heteroatoms. The Balaban J connectivity index is 1.62. The van der Waals surface area contributed by atoms with E-state index in [1.165, 1.54) is 4.90 Å². The third kappa shape index (κ3) is 4.55. The third-order valence-electron chi connectivity index (χ3n) is 7.59. The van der Waals surface area contributed by atoms with Gasteiger partial charge in [-0.15, -0.1) is 0 Å². The van der Waals surface area contributed by atoms with Crippen LogP contribution >= 0.6 is 0 Å². The Morgan fingerprint density at radius 3 is 2.51 bits per heavy atom. The first-order valence-corrected chi connectivity index (χ1v) is 13.0. The number of ketones is 1. The van der Waals surface area contributed by atoms with Crippen LogP contribution in [0, 0.1) is 13.8 Å². The van der Waals surface area contributed by atoms with Crippen LogP contribution in [0.5, 0.6) is 0 Å². The summed E-state index contributed by atoms with van der Waals surface area (Å²) in [6, 6.07) is 11.0. The van der Waals surface area contributed by atoms with Crippen molar-refractivity contribution in [3.63, 3.8) is 0 Å². The highest BCUT2D eigenvalue weighted by molar-refractivity contribution is 6.46. The number of Topliss-reactive ketones (excluding diaryl/α,β-unsaturated/α-hetero) is 1. The number of carbonyl (C=O) groups excluding carboxylic acids is 2. The van der Waals surface area contributed by atoms with Crippen LogP contribution in [-0.4, -0.2) is 65.4 Å². The van der Waals surface area contributed by atoms with Gasteiger partial charge in [-0.2, -0.15) is 0 Å². The standard InChI is InChI=1S/C29H34N4O4/c1-18(2)21-7-9-22(10-8-21)25-23(26(34)24-20(4)30-28-19(3)6-5-11-32(24)28)27(35)29(36)33(25)13-12-31-14-16-37-17-15-31/h5-11,18,25,34H,12-17H2,1-4H3/b26-23+. The van der Waals surface area contributed by atoms with E-state index >= 15 is 0 Å². The number of fused-ring (bicyclic) bond motifs is 1. The number of hydrogen-bond acceptors (Lipinski definition) is 5. The van der Waals surface area contributed by atoms with E-state index in [-0.39, 0.29) is 5.57 Å². The van der Waals surface area contributed by atoms with Crippen LogP contribution in [0.15, 0.2) is 48.2 Å². The molecule has 0 aliphatic carbocycles. The summed E-state index contributed by atoms with van der Waals surface area (Å²) in [6.07, 6.45) is 1.78. The maximum absolute atomic E-state index is 14.1. The first-order valence-electron chi connectivity index (χ1n) is 13.0. The Morgan fingerprint density at radius 2 is 1.84 bits per heavy atom. The van der Waals surface area contributed by atoms with Gasteiger partial charge < -0.3 is 24.0 Å².